The summed E-state index contributed by atoms with van der Waals surface area (Å²) in [5.74, 6) is -0.396. The number of nitrogens with zero attached hydrogens (tertiary/aromatic N) is 3. The molecule has 0 radical (unpaired) electrons. The first-order chi connectivity index (χ1) is 21.9. The number of thioether (sulfide) groups is 1. The van der Waals surface area contributed by atoms with Gasteiger partial charge in [-0.05, 0) is 72.5 Å². The van der Waals surface area contributed by atoms with E-state index < -0.39 is 17.7 Å². The molecule has 234 valence electrons. The van der Waals surface area contributed by atoms with Gasteiger partial charge in [0.25, 0.3) is 5.78 Å². The predicted octanol–water partition coefficient (Wildman–Crippen LogP) is 7.95. The van der Waals surface area contributed by atoms with Crippen LogP contribution in [0, 0.1) is 5.82 Å². The van der Waals surface area contributed by atoms with E-state index in [4.69, 9.17) is 9.47 Å². The fourth-order valence-corrected chi connectivity index (χ4v) is 6.53. The lowest BCUT2D eigenvalue weighted by Crippen LogP contribution is -2.29. The molecule has 8 nitrogen and oxygen atoms in total. The van der Waals surface area contributed by atoms with Gasteiger partial charge < -0.3 is 14.6 Å². The first kappa shape index (κ1) is 32.2. The largest absolute Gasteiger partial charge is 0.507 e. The summed E-state index contributed by atoms with van der Waals surface area (Å²) in [6.45, 7) is 5.33. The van der Waals surface area contributed by atoms with E-state index in [1.54, 1.807) is 60.7 Å². The number of rotatable bonds is 14. The van der Waals surface area contributed by atoms with Gasteiger partial charge in [0.2, 0.25) is 5.13 Å². The third-order valence-corrected chi connectivity index (χ3v) is 9.31. The smallest absolute Gasteiger partial charge is 0.301 e. The number of aliphatic hydroxyl groups is 1. The minimum absolute atomic E-state index is 0.0463. The van der Waals surface area contributed by atoms with E-state index in [2.05, 4.69) is 24.0 Å². The summed E-state index contributed by atoms with van der Waals surface area (Å²) in [7, 11) is 0. The van der Waals surface area contributed by atoms with Crippen LogP contribution in [0.5, 0.6) is 11.5 Å². The Bertz CT molecular complexity index is 1640. The average molecular weight is 648 g/mol. The molecule has 5 rings (SSSR count). The van der Waals surface area contributed by atoms with Gasteiger partial charge in [-0.1, -0.05) is 74.1 Å². The van der Waals surface area contributed by atoms with Crippen LogP contribution in [0.3, 0.4) is 0 Å². The lowest BCUT2D eigenvalue weighted by atomic mass is 9.95. The van der Waals surface area contributed by atoms with E-state index in [9.17, 15) is 19.1 Å². The third kappa shape index (κ3) is 7.72. The Kier molecular flexibility index (Phi) is 10.9. The van der Waals surface area contributed by atoms with E-state index in [0.717, 1.165) is 31.2 Å². The fraction of sp³-hybridized carbons (Fsp3) is 0.294. The molecule has 1 atom stereocenters. The first-order valence-electron chi connectivity index (χ1n) is 14.9. The number of anilines is 1. The van der Waals surface area contributed by atoms with Crippen molar-refractivity contribution in [1.82, 2.24) is 10.2 Å². The molecule has 1 N–H and O–H groups in total. The predicted molar refractivity (Wildman–Crippen MR) is 174 cm³/mol. The number of carbonyl (C=O) groups is 2. The molecule has 1 aliphatic heterocycles. The summed E-state index contributed by atoms with van der Waals surface area (Å²) in [6, 6.07) is 19.2. The van der Waals surface area contributed by atoms with Gasteiger partial charge in [-0.25, -0.2) is 4.39 Å². The molecule has 0 spiro atoms. The SMILES string of the molecule is CCCCOc1ccc(C(O)=C2C(=O)C(=O)N(c3nnc(SCc4ccc(F)cc4)s3)[C@H]2c2ccc(OCCCC)cc2)cc1. The number of ketones is 1. The van der Waals surface area contributed by atoms with Crippen LogP contribution in [-0.2, 0) is 15.3 Å². The van der Waals surface area contributed by atoms with Crippen molar-refractivity contribution >= 4 is 45.7 Å². The molecule has 2 heterocycles. The highest BCUT2D eigenvalue weighted by Crippen LogP contribution is 2.44. The molecular weight excluding hydrogens is 614 g/mol. The Labute approximate surface area is 269 Å². The zero-order chi connectivity index (χ0) is 31.8. The Morgan fingerprint density at radius 2 is 1.49 bits per heavy atom. The number of benzene rings is 3. The molecule has 0 saturated carbocycles. The van der Waals surface area contributed by atoms with Crippen molar-refractivity contribution in [3.8, 4) is 11.5 Å². The van der Waals surface area contributed by atoms with Gasteiger partial charge in [0.15, 0.2) is 4.34 Å². The van der Waals surface area contributed by atoms with Crippen LogP contribution in [0.1, 0.15) is 62.3 Å². The Hall–Kier alpha value is -4.22. The summed E-state index contributed by atoms with van der Waals surface area (Å²) < 4.78 is 25.4. The minimum Gasteiger partial charge on any atom is -0.507 e. The molecule has 1 saturated heterocycles. The number of hydrogen-bond acceptors (Lipinski definition) is 9. The lowest BCUT2D eigenvalue weighted by Gasteiger charge is -2.22. The van der Waals surface area contributed by atoms with Crippen molar-refractivity contribution in [2.45, 2.75) is 55.7 Å². The molecule has 1 amide bonds. The zero-order valence-electron chi connectivity index (χ0n) is 25.1. The normalized spacial score (nSPS) is 15.9. The van der Waals surface area contributed by atoms with Crippen molar-refractivity contribution in [1.29, 1.82) is 0 Å². The van der Waals surface area contributed by atoms with Crippen molar-refractivity contribution in [2.24, 2.45) is 0 Å². The lowest BCUT2D eigenvalue weighted by molar-refractivity contribution is -0.132. The van der Waals surface area contributed by atoms with Crippen molar-refractivity contribution in [2.75, 3.05) is 18.1 Å². The van der Waals surface area contributed by atoms with Crippen LogP contribution in [-0.4, -0.2) is 40.2 Å². The van der Waals surface area contributed by atoms with Crippen LogP contribution in [0.25, 0.3) is 5.76 Å². The maximum atomic E-state index is 13.6. The molecular formula is C34H34FN3O5S2. The molecule has 1 aliphatic rings. The zero-order valence-corrected chi connectivity index (χ0v) is 26.7. The topological polar surface area (TPSA) is 102 Å². The van der Waals surface area contributed by atoms with E-state index in [-0.39, 0.29) is 22.3 Å². The van der Waals surface area contributed by atoms with Crippen LogP contribution < -0.4 is 14.4 Å². The third-order valence-electron chi connectivity index (χ3n) is 7.18. The number of unbranched alkanes of at least 4 members (excludes halogenated alkanes) is 2. The number of carbonyl (C=O) groups excluding carboxylic acids is 2. The van der Waals surface area contributed by atoms with Gasteiger partial charge in [-0.15, -0.1) is 10.2 Å². The summed E-state index contributed by atoms with van der Waals surface area (Å²) in [5.41, 5.74) is 1.85. The average Bonchev–Trinajstić information content (AvgIpc) is 3.63. The molecule has 1 aromatic heterocycles. The molecule has 0 unspecified atom stereocenters. The van der Waals surface area contributed by atoms with Gasteiger partial charge in [0.1, 0.15) is 23.1 Å². The van der Waals surface area contributed by atoms with Gasteiger partial charge in [-0.2, -0.15) is 0 Å². The van der Waals surface area contributed by atoms with Gasteiger partial charge in [0.05, 0.1) is 24.8 Å². The number of halogens is 1. The number of amides is 1. The maximum Gasteiger partial charge on any atom is 0.301 e. The first-order valence-corrected chi connectivity index (χ1v) is 16.7. The quantitative estimate of drug-likeness (QED) is 0.0368. The number of hydrogen-bond donors (Lipinski definition) is 1. The molecule has 1 fully saturated rings. The fourth-order valence-electron chi connectivity index (χ4n) is 4.71. The monoisotopic (exact) mass is 647 g/mol. The van der Waals surface area contributed by atoms with Crippen molar-refractivity contribution < 1.29 is 28.6 Å². The highest BCUT2D eigenvalue weighted by Gasteiger charge is 2.48. The van der Waals surface area contributed by atoms with Crippen LogP contribution in [0.2, 0.25) is 0 Å². The Balaban J connectivity index is 1.47. The molecule has 11 heteroatoms. The molecule has 3 aromatic carbocycles. The number of Topliss-reactive ketones (excluding diaryl/α,β-unsaturated/α-hetero) is 1. The number of aliphatic hydroxyl groups excluding tert-OH is 1. The summed E-state index contributed by atoms with van der Waals surface area (Å²) >= 11 is 2.56. The van der Waals surface area contributed by atoms with Crippen molar-refractivity contribution in [3.63, 3.8) is 0 Å². The van der Waals surface area contributed by atoms with Crippen LogP contribution in [0.15, 0.2) is 82.7 Å². The van der Waals surface area contributed by atoms with Crippen LogP contribution in [0.4, 0.5) is 9.52 Å². The van der Waals surface area contributed by atoms with E-state index >= 15 is 0 Å². The summed E-state index contributed by atoms with van der Waals surface area (Å²) in [4.78, 5) is 28.5. The van der Waals surface area contributed by atoms with Gasteiger partial charge in [0, 0.05) is 11.3 Å². The Morgan fingerprint density at radius 1 is 0.889 bits per heavy atom. The number of ether oxygens (including phenoxy) is 2. The van der Waals surface area contributed by atoms with Gasteiger partial charge in [-0.3, -0.25) is 14.5 Å². The maximum absolute atomic E-state index is 13.6. The van der Waals surface area contributed by atoms with Crippen LogP contribution >= 0.6 is 23.1 Å². The summed E-state index contributed by atoms with van der Waals surface area (Å²) in [5, 5.41) is 20.2. The highest BCUT2D eigenvalue weighted by atomic mass is 32.2. The second-order valence-electron chi connectivity index (χ2n) is 10.4. The Morgan fingerprint density at radius 3 is 2.09 bits per heavy atom. The van der Waals surface area contributed by atoms with Gasteiger partial charge >= 0.3 is 5.91 Å². The molecule has 0 aliphatic carbocycles. The standard InChI is InChI=1S/C34H34FN3O5S2/c1-3-5-19-42-26-15-9-23(10-16-26)29-28(30(39)24-11-17-27(18-12-24)43-20-6-4-2)31(40)32(41)38(29)33-36-37-34(45-33)44-21-22-7-13-25(35)14-8-22/h7-18,29,39H,3-6,19-21H2,1-2H3/t29-/m0/s1. The van der Waals surface area contributed by atoms with E-state index in [0.29, 0.717) is 45.9 Å². The molecule has 0 bridgehead atoms. The molecule has 45 heavy (non-hydrogen) atoms. The second kappa shape index (κ2) is 15.2. The van der Waals surface area contributed by atoms with E-state index in [1.807, 2.05) is 0 Å². The molecule has 4 aromatic rings. The summed E-state index contributed by atoms with van der Waals surface area (Å²) in [6.07, 6.45) is 3.85. The number of aromatic nitrogens is 2. The highest BCUT2D eigenvalue weighted by molar-refractivity contribution is 8.00. The van der Waals surface area contributed by atoms with E-state index in [1.165, 1.54) is 40.1 Å². The van der Waals surface area contributed by atoms with Crippen molar-refractivity contribution in [3.05, 3.63) is 101 Å². The minimum atomic E-state index is -0.946. The second-order valence-corrected chi connectivity index (χ2v) is 12.6.